The average Bonchev–Trinajstić information content (AvgIpc) is 1.57. The summed E-state index contributed by atoms with van der Waals surface area (Å²) in [5, 5.41) is 18.3. The molecule has 0 aliphatic rings. The number of furan rings is 4. The monoisotopic (exact) mass is 1850 g/mol. The Balaban J connectivity index is 0.0000000945. The summed E-state index contributed by atoms with van der Waals surface area (Å²) in [6, 6.07) is 140. The Morgan fingerprint density at radius 2 is 0.514 bits per heavy atom. The summed E-state index contributed by atoms with van der Waals surface area (Å²) >= 11 is 0. The van der Waals surface area contributed by atoms with Crippen molar-refractivity contribution in [3.05, 3.63) is 449 Å². The van der Waals surface area contributed by atoms with Crippen LogP contribution in [0.15, 0.2) is 461 Å². The van der Waals surface area contributed by atoms with Crippen molar-refractivity contribution in [3.8, 4) is 86.2 Å². The van der Waals surface area contributed by atoms with Crippen LogP contribution in [-0.4, -0.2) is 77.7 Å². The van der Waals surface area contributed by atoms with Crippen LogP contribution in [0.2, 0.25) is 0 Å². The van der Waals surface area contributed by atoms with E-state index in [2.05, 4.69) is 240 Å². The van der Waals surface area contributed by atoms with Gasteiger partial charge in [-0.25, -0.2) is 44.9 Å². The molecule has 0 aliphatic carbocycles. The largest absolute Gasteiger partial charge is 0.456 e. The number of aromatic nitrogens is 16. The Labute approximate surface area is 818 Å². The summed E-state index contributed by atoms with van der Waals surface area (Å²) in [5.41, 5.74) is 25.5. The fraction of sp³-hybridized carbons (Fsp3) is 0.00806. The molecule has 0 aliphatic heterocycles. The van der Waals surface area contributed by atoms with Crippen molar-refractivity contribution >= 4 is 186 Å². The molecule has 13 aromatic heterocycles. The Hall–Kier alpha value is -20.0. The number of hydrogen-bond donors (Lipinski definition) is 0. The molecule has 0 amide bonds. The lowest BCUT2D eigenvalue weighted by molar-refractivity contribution is 0.669. The van der Waals surface area contributed by atoms with Gasteiger partial charge < -0.3 is 22.2 Å². The molecule has 0 bridgehead atoms. The summed E-state index contributed by atoms with van der Waals surface area (Å²) in [6.07, 6.45) is 9.04. The van der Waals surface area contributed by atoms with E-state index in [-0.39, 0.29) is 0 Å². The van der Waals surface area contributed by atoms with E-state index >= 15 is 0 Å². The second-order valence-electron chi connectivity index (χ2n) is 35.6. The van der Waals surface area contributed by atoms with Gasteiger partial charge in [-0.3, -0.25) is 18.3 Å². The van der Waals surface area contributed by atoms with E-state index < -0.39 is 0 Å². The number of nitrogens with zero attached hydrogens (tertiary/aromatic N) is 16. The molecule has 0 saturated heterocycles. The molecule has 13 heterocycles. The molecule has 0 fully saturated rings. The molecule has 0 spiro atoms. The van der Waals surface area contributed by atoms with Gasteiger partial charge in [0.2, 0.25) is 17.8 Å². The molecule has 144 heavy (non-hydrogen) atoms. The van der Waals surface area contributed by atoms with Crippen LogP contribution in [0, 0.1) is 6.92 Å². The summed E-state index contributed by atoms with van der Waals surface area (Å²) in [5.74, 6) is 4.79. The van der Waals surface area contributed by atoms with E-state index in [4.69, 9.17) is 62.5 Å². The molecule has 0 radical (unpaired) electrons. The molecule has 20 heteroatoms. The van der Waals surface area contributed by atoms with Crippen molar-refractivity contribution in [1.29, 1.82) is 0 Å². The summed E-state index contributed by atoms with van der Waals surface area (Å²) in [6.45, 7) is 2.12. The topological polar surface area (TPSA) is 219 Å². The van der Waals surface area contributed by atoms with Crippen LogP contribution in [0.4, 0.5) is 0 Å². The maximum atomic E-state index is 6.23. The molecule has 31 rings (SSSR count). The van der Waals surface area contributed by atoms with Gasteiger partial charge in [0.25, 0.3) is 0 Å². The highest BCUT2D eigenvalue weighted by molar-refractivity contribution is 6.31. The third-order valence-electron chi connectivity index (χ3n) is 27.2. The normalized spacial score (nSPS) is 11.8. The minimum absolute atomic E-state index is 0.512. The molecular formula is C124H76N16O4. The van der Waals surface area contributed by atoms with E-state index in [0.717, 1.165) is 198 Å². The van der Waals surface area contributed by atoms with Crippen LogP contribution < -0.4 is 0 Å². The van der Waals surface area contributed by atoms with Gasteiger partial charge in [0.05, 0.1) is 60.9 Å². The van der Waals surface area contributed by atoms with Crippen LogP contribution >= 0.6 is 0 Å². The molecule has 0 atom stereocenters. The zero-order valence-corrected chi connectivity index (χ0v) is 76.9. The lowest BCUT2D eigenvalue weighted by Crippen LogP contribution is -2.06. The second kappa shape index (κ2) is 33.7. The van der Waals surface area contributed by atoms with Gasteiger partial charge in [-0.2, -0.15) is 9.97 Å². The Bertz CT molecular complexity index is 10400. The number of benzene rings is 18. The third-order valence-corrected chi connectivity index (χ3v) is 27.2. The zero-order valence-electron chi connectivity index (χ0n) is 76.9. The molecule has 0 saturated carbocycles. The number of imidazole rings is 1. The Kier molecular flexibility index (Phi) is 19.3. The smallest absolute Gasteiger partial charge is 0.238 e. The lowest BCUT2D eigenvalue weighted by atomic mass is 10.0. The fourth-order valence-electron chi connectivity index (χ4n) is 21.0. The maximum absolute atomic E-state index is 6.23. The predicted octanol–water partition coefficient (Wildman–Crippen LogP) is 30.7. The number of para-hydroxylation sites is 9. The van der Waals surface area contributed by atoms with Gasteiger partial charge in [0, 0.05) is 139 Å². The molecule has 0 N–H and O–H groups in total. The van der Waals surface area contributed by atoms with E-state index in [1.165, 1.54) is 27.1 Å². The minimum Gasteiger partial charge on any atom is -0.456 e. The molecule has 18 aromatic carbocycles. The zero-order chi connectivity index (χ0) is 95.0. The van der Waals surface area contributed by atoms with Crippen molar-refractivity contribution in [2.24, 2.45) is 0 Å². The fourth-order valence-corrected chi connectivity index (χ4v) is 21.0. The second-order valence-corrected chi connectivity index (χ2v) is 35.6. The number of hydrogen-bond acceptors (Lipinski definition) is 15. The van der Waals surface area contributed by atoms with Gasteiger partial charge in [-0.1, -0.05) is 285 Å². The highest BCUT2D eigenvalue weighted by Crippen LogP contribution is 2.48. The van der Waals surface area contributed by atoms with Gasteiger partial charge >= 0.3 is 0 Å². The molecular weight excluding hydrogens is 1780 g/mol. The average molecular weight is 1850 g/mol. The first-order chi connectivity index (χ1) is 71.4. The first-order valence-corrected chi connectivity index (χ1v) is 47.6. The molecule has 676 valence electrons. The lowest BCUT2D eigenvalue weighted by Gasteiger charge is -2.10. The Morgan fingerprint density at radius 3 is 0.931 bits per heavy atom. The number of fused-ring (bicyclic) bond motifs is 29. The quantitative estimate of drug-likeness (QED) is 0.124. The van der Waals surface area contributed by atoms with Crippen LogP contribution in [0.25, 0.3) is 272 Å². The van der Waals surface area contributed by atoms with Gasteiger partial charge in [0.1, 0.15) is 56.5 Å². The van der Waals surface area contributed by atoms with Crippen molar-refractivity contribution in [2.75, 3.05) is 0 Å². The minimum atomic E-state index is 0.512. The van der Waals surface area contributed by atoms with Crippen LogP contribution in [0.5, 0.6) is 0 Å². The van der Waals surface area contributed by atoms with Crippen molar-refractivity contribution < 1.29 is 17.7 Å². The van der Waals surface area contributed by atoms with Crippen LogP contribution in [-0.2, 0) is 0 Å². The van der Waals surface area contributed by atoms with Crippen LogP contribution in [0.1, 0.15) is 5.56 Å². The van der Waals surface area contributed by atoms with E-state index in [1.807, 2.05) is 219 Å². The number of rotatable bonds is 10. The first kappa shape index (κ1) is 82.3. The first-order valence-electron chi connectivity index (χ1n) is 47.6. The van der Waals surface area contributed by atoms with Crippen molar-refractivity contribution in [3.63, 3.8) is 0 Å². The van der Waals surface area contributed by atoms with Gasteiger partial charge in [0.15, 0.2) is 29.1 Å². The van der Waals surface area contributed by atoms with E-state index in [0.29, 0.717) is 52.5 Å². The Morgan fingerprint density at radius 1 is 0.201 bits per heavy atom. The van der Waals surface area contributed by atoms with E-state index in [9.17, 15) is 0 Å². The van der Waals surface area contributed by atoms with Gasteiger partial charge in [-0.05, 0) is 140 Å². The molecule has 0 unspecified atom stereocenters. The van der Waals surface area contributed by atoms with E-state index in [1.54, 1.807) is 24.8 Å². The molecule has 31 aromatic rings. The summed E-state index contributed by atoms with van der Waals surface area (Å²) in [4.78, 5) is 53.0. The van der Waals surface area contributed by atoms with Gasteiger partial charge in [-0.15, -0.1) is 0 Å². The summed E-state index contributed by atoms with van der Waals surface area (Å²) in [7, 11) is 0. The summed E-state index contributed by atoms with van der Waals surface area (Å²) < 4.78 is 35.6. The third kappa shape index (κ3) is 13.6. The highest BCUT2D eigenvalue weighted by Gasteiger charge is 2.28. The maximum Gasteiger partial charge on any atom is 0.238 e. The molecule has 20 nitrogen and oxygen atoms in total. The highest BCUT2D eigenvalue weighted by atomic mass is 16.3. The van der Waals surface area contributed by atoms with Crippen molar-refractivity contribution in [1.82, 2.24) is 77.7 Å². The predicted molar refractivity (Wildman–Crippen MR) is 577 cm³/mol. The van der Waals surface area contributed by atoms with Crippen LogP contribution in [0.3, 0.4) is 0 Å². The van der Waals surface area contributed by atoms with Crippen molar-refractivity contribution in [2.45, 2.75) is 6.92 Å². The number of aryl methyl sites for hydroxylation is 1. The standard InChI is InChI=1S/C37H22N6O.C33H20N4O.C31H19N3O.C23H15N3O/c1-3-11-23(12-4-1)34-40-35(24-13-5-2-6-14-24)42-36(41-34)25-21-38-37(39-22-25)43-28-17-9-7-15-26(28)32-29(43)19-20-31-33(32)27-16-8-10-18-30(27)44-31;1-3-11-21(12-4-1)31-34-32(22-13-5-2-6-14-22)36-33(35-31)37-25-17-9-7-15-23(25)29-26(37)19-20-28-30(29)24-16-8-10-18-27(24)38-28;1-2-9-20(10-3-1)33-19-32-31-25(33)14-8-15-26(31)34-23-13-6-4-11-21(23)29-24(34)17-18-28-30(29)22-12-5-7-16-27(22)35-28;1-14-7-8-17-16(13-14)21-18(26(17)23-24-11-4-12-25-23)9-10-20-22(21)15-5-2-3-6-19(15)27-20/h1-22H;1-20H;1-19H;2-13H,1H3. The SMILES string of the molecule is Cc1ccc2c(c1)c1c3c(ccc1n2-c1ncccn1)oc1ccccc13.c1ccc(-c2nc(-c3ccccc3)nc(-c3cnc(-n4c5ccccc5c5c6c(ccc54)oc4ccccc46)nc3)n2)cc1.c1ccc(-c2nc(-c3ccccc3)nc(-n3c4ccccc4c4c5c(ccc43)oc3ccccc35)n2)cc1.c1ccc(-n2cnc3c(-n4c5ccccc5c5c6c(ccc54)oc4ccccc46)cccc32)cc1.